The van der Waals surface area contributed by atoms with Gasteiger partial charge in [-0.3, -0.25) is 0 Å². The van der Waals surface area contributed by atoms with Gasteiger partial charge in [0.15, 0.2) is 0 Å². The molecule has 1 aromatic carbocycles. The second-order valence-electron chi connectivity index (χ2n) is 4.57. The van der Waals surface area contributed by atoms with Crippen LogP contribution in [-0.4, -0.2) is 6.54 Å². The number of allylic oxidation sites excluding steroid dienone is 1. The summed E-state index contributed by atoms with van der Waals surface area (Å²) < 4.78 is 0. The predicted molar refractivity (Wildman–Crippen MR) is 66.3 cm³/mol. The maximum Gasteiger partial charge on any atom is 0.0408 e. The molecule has 1 aliphatic rings. The van der Waals surface area contributed by atoms with Crippen molar-refractivity contribution in [2.45, 2.75) is 32.6 Å². The van der Waals surface area contributed by atoms with E-state index in [1.54, 1.807) is 0 Å². The standard InChI is InChI=1S/C14H19N/c1-11(2)13-6-8-14(9-7-13)15-10-4-5-12(15)3/h6-9,11H,3-5,10H2,1-2H3. The lowest BCUT2D eigenvalue weighted by molar-refractivity contribution is 0.865. The largest absolute Gasteiger partial charge is 0.346 e. The van der Waals surface area contributed by atoms with Gasteiger partial charge in [-0.1, -0.05) is 32.6 Å². The molecule has 1 aromatic rings. The van der Waals surface area contributed by atoms with Crippen molar-refractivity contribution in [1.82, 2.24) is 0 Å². The molecule has 1 fully saturated rings. The zero-order valence-electron chi connectivity index (χ0n) is 9.66. The third kappa shape index (κ3) is 2.06. The minimum absolute atomic E-state index is 0.612. The predicted octanol–water partition coefficient (Wildman–Crippen LogP) is 3.92. The molecule has 0 aliphatic carbocycles. The van der Waals surface area contributed by atoms with E-state index in [4.69, 9.17) is 0 Å². The molecule has 15 heavy (non-hydrogen) atoms. The molecule has 0 amide bonds. The maximum atomic E-state index is 4.10. The van der Waals surface area contributed by atoms with Gasteiger partial charge < -0.3 is 4.90 Å². The van der Waals surface area contributed by atoms with Gasteiger partial charge in [-0.05, 0) is 36.5 Å². The molecule has 0 atom stereocenters. The molecule has 1 heterocycles. The molecule has 0 spiro atoms. The van der Waals surface area contributed by atoms with Crippen molar-refractivity contribution in [2.75, 3.05) is 11.4 Å². The van der Waals surface area contributed by atoms with Crippen molar-refractivity contribution in [1.29, 1.82) is 0 Å². The van der Waals surface area contributed by atoms with Crippen molar-refractivity contribution in [3.63, 3.8) is 0 Å². The number of rotatable bonds is 2. The molecule has 1 heteroatoms. The first-order chi connectivity index (χ1) is 7.18. The summed E-state index contributed by atoms with van der Waals surface area (Å²) in [5.41, 5.74) is 3.96. The minimum atomic E-state index is 0.612. The van der Waals surface area contributed by atoms with Crippen molar-refractivity contribution >= 4 is 5.69 Å². The maximum absolute atomic E-state index is 4.10. The van der Waals surface area contributed by atoms with Gasteiger partial charge in [0.1, 0.15) is 0 Å². The average Bonchev–Trinajstić information content (AvgIpc) is 2.65. The van der Waals surface area contributed by atoms with Gasteiger partial charge in [-0.25, -0.2) is 0 Å². The van der Waals surface area contributed by atoms with E-state index in [-0.39, 0.29) is 0 Å². The first-order valence-corrected chi connectivity index (χ1v) is 5.74. The number of anilines is 1. The summed E-state index contributed by atoms with van der Waals surface area (Å²) in [6.07, 6.45) is 2.39. The van der Waals surface area contributed by atoms with Crippen LogP contribution in [0, 0.1) is 0 Å². The van der Waals surface area contributed by atoms with E-state index in [0.717, 1.165) is 13.0 Å². The summed E-state index contributed by atoms with van der Waals surface area (Å²) in [5, 5.41) is 0. The first-order valence-electron chi connectivity index (χ1n) is 5.74. The minimum Gasteiger partial charge on any atom is -0.346 e. The van der Waals surface area contributed by atoms with Crippen LogP contribution in [0.5, 0.6) is 0 Å². The van der Waals surface area contributed by atoms with Gasteiger partial charge in [0, 0.05) is 17.9 Å². The molecular weight excluding hydrogens is 182 g/mol. The zero-order valence-corrected chi connectivity index (χ0v) is 9.66. The van der Waals surface area contributed by atoms with Crippen molar-refractivity contribution in [3.8, 4) is 0 Å². The fourth-order valence-corrected chi connectivity index (χ4v) is 2.09. The molecule has 0 radical (unpaired) electrons. The van der Waals surface area contributed by atoms with E-state index in [1.807, 2.05) is 0 Å². The van der Waals surface area contributed by atoms with E-state index in [1.165, 1.54) is 23.4 Å². The summed E-state index contributed by atoms with van der Waals surface area (Å²) in [7, 11) is 0. The fourth-order valence-electron chi connectivity index (χ4n) is 2.09. The Labute approximate surface area is 92.4 Å². The summed E-state index contributed by atoms with van der Waals surface area (Å²) in [6.45, 7) is 9.67. The molecule has 0 N–H and O–H groups in total. The topological polar surface area (TPSA) is 3.24 Å². The molecule has 0 unspecified atom stereocenters. The van der Waals surface area contributed by atoms with Gasteiger partial charge in [-0.15, -0.1) is 0 Å². The van der Waals surface area contributed by atoms with E-state index >= 15 is 0 Å². The number of hydrogen-bond donors (Lipinski definition) is 0. The summed E-state index contributed by atoms with van der Waals surface area (Å²) >= 11 is 0. The average molecular weight is 201 g/mol. The van der Waals surface area contributed by atoms with Crippen LogP contribution in [-0.2, 0) is 0 Å². The lowest BCUT2D eigenvalue weighted by atomic mass is 10.0. The Morgan fingerprint density at radius 3 is 2.33 bits per heavy atom. The highest BCUT2D eigenvalue weighted by Gasteiger charge is 2.16. The Hall–Kier alpha value is -1.24. The lowest BCUT2D eigenvalue weighted by Crippen LogP contribution is -2.15. The highest BCUT2D eigenvalue weighted by Crippen LogP contribution is 2.28. The highest BCUT2D eigenvalue weighted by molar-refractivity contribution is 5.54. The highest BCUT2D eigenvalue weighted by atomic mass is 15.2. The van der Waals surface area contributed by atoms with Gasteiger partial charge in [0.2, 0.25) is 0 Å². The van der Waals surface area contributed by atoms with Crippen molar-refractivity contribution < 1.29 is 0 Å². The Kier molecular flexibility index (Phi) is 2.81. The van der Waals surface area contributed by atoms with Crippen molar-refractivity contribution in [2.24, 2.45) is 0 Å². The Balaban J connectivity index is 2.19. The third-order valence-corrected chi connectivity index (χ3v) is 3.10. The van der Waals surface area contributed by atoms with Crippen LogP contribution >= 0.6 is 0 Å². The van der Waals surface area contributed by atoms with Crippen LogP contribution in [0.4, 0.5) is 5.69 Å². The monoisotopic (exact) mass is 201 g/mol. The molecule has 0 bridgehead atoms. The van der Waals surface area contributed by atoms with E-state index < -0.39 is 0 Å². The lowest BCUT2D eigenvalue weighted by Gasteiger charge is -2.19. The summed E-state index contributed by atoms with van der Waals surface area (Å²) in [4.78, 5) is 2.32. The van der Waals surface area contributed by atoms with Gasteiger partial charge in [0.25, 0.3) is 0 Å². The van der Waals surface area contributed by atoms with E-state index in [0.29, 0.717) is 5.92 Å². The number of benzene rings is 1. The van der Waals surface area contributed by atoms with Crippen LogP contribution in [0.1, 0.15) is 38.2 Å². The molecule has 0 saturated carbocycles. The SMILES string of the molecule is C=C1CCCN1c1ccc(C(C)C)cc1. The van der Waals surface area contributed by atoms with Crippen molar-refractivity contribution in [3.05, 3.63) is 42.1 Å². The van der Waals surface area contributed by atoms with Gasteiger partial charge in [-0.2, -0.15) is 0 Å². The third-order valence-electron chi connectivity index (χ3n) is 3.10. The number of nitrogens with zero attached hydrogens (tertiary/aromatic N) is 1. The van der Waals surface area contributed by atoms with Crippen LogP contribution in [0.25, 0.3) is 0 Å². The molecule has 1 saturated heterocycles. The van der Waals surface area contributed by atoms with Gasteiger partial charge >= 0.3 is 0 Å². The van der Waals surface area contributed by atoms with Crippen LogP contribution in [0.2, 0.25) is 0 Å². The van der Waals surface area contributed by atoms with Crippen LogP contribution in [0.3, 0.4) is 0 Å². The molecule has 1 aliphatic heterocycles. The Morgan fingerprint density at radius 2 is 1.87 bits per heavy atom. The molecular formula is C14H19N. The quantitative estimate of drug-likeness (QED) is 0.701. The van der Waals surface area contributed by atoms with E-state index in [2.05, 4.69) is 49.6 Å². The summed E-state index contributed by atoms with van der Waals surface area (Å²) in [5.74, 6) is 0.612. The smallest absolute Gasteiger partial charge is 0.0408 e. The summed E-state index contributed by atoms with van der Waals surface area (Å²) in [6, 6.07) is 8.88. The Morgan fingerprint density at radius 1 is 1.20 bits per heavy atom. The van der Waals surface area contributed by atoms with Crippen LogP contribution in [0.15, 0.2) is 36.5 Å². The molecule has 0 aromatic heterocycles. The second-order valence-corrected chi connectivity index (χ2v) is 4.57. The van der Waals surface area contributed by atoms with Crippen LogP contribution < -0.4 is 4.90 Å². The first kappa shape index (κ1) is 10.3. The Bertz CT molecular complexity index is 348. The molecule has 1 nitrogen and oxygen atoms in total. The number of hydrogen-bond acceptors (Lipinski definition) is 1. The second kappa shape index (κ2) is 4.09. The van der Waals surface area contributed by atoms with E-state index in [9.17, 15) is 0 Å². The molecule has 80 valence electrons. The van der Waals surface area contributed by atoms with Gasteiger partial charge in [0.05, 0.1) is 0 Å². The fraction of sp³-hybridized carbons (Fsp3) is 0.429. The molecule has 2 rings (SSSR count). The zero-order chi connectivity index (χ0) is 10.8. The normalized spacial score (nSPS) is 16.5.